The van der Waals surface area contributed by atoms with Gasteiger partial charge in [-0.3, -0.25) is 19.3 Å². The highest BCUT2D eigenvalue weighted by atomic mass is 16.5. The van der Waals surface area contributed by atoms with E-state index >= 15 is 0 Å². The van der Waals surface area contributed by atoms with Crippen LogP contribution in [0, 0.1) is 5.92 Å². The standard InChI is InChI=1S/C23H24N2O5/c1-15(2)20(25-21(27)17-11-7-8-12-18(17)22(25)28)23(29)30-14-19(26)24(3)13-16-9-5-4-6-10-16/h4-12,15,20H,13-14H2,1-3H3/t20-/m1/s1. The molecule has 0 radical (unpaired) electrons. The Morgan fingerprint density at radius 3 is 2.00 bits per heavy atom. The summed E-state index contributed by atoms with van der Waals surface area (Å²) >= 11 is 0. The number of rotatable bonds is 7. The Bertz CT molecular complexity index is 936. The molecule has 3 rings (SSSR count). The van der Waals surface area contributed by atoms with Crippen molar-refractivity contribution >= 4 is 23.7 Å². The SMILES string of the molecule is CC(C)[C@H](C(=O)OCC(=O)N(C)Cc1ccccc1)N1C(=O)c2ccccc2C1=O. The van der Waals surface area contributed by atoms with Gasteiger partial charge >= 0.3 is 5.97 Å². The zero-order valence-electron chi connectivity index (χ0n) is 17.2. The highest BCUT2D eigenvalue weighted by Gasteiger charge is 2.44. The maximum absolute atomic E-state index is 12.8. The Morgan fingerprint density at radius 2 is 1.47 bits per heavy atom. The van der Waals surface area contributed by atoms with Crippen molar-refractivity contribution in [3.63, 3.8) is 0 Å². The number of carbonyl (C=O) groups excluding carboxylic acids is 4. The van der Waals surface area contributed by atoms with Gasteiger partial charge in [-0.2, -0.15) is 0 Å². The van der Waals surface area contributed by atoms with Gasteiger partial charge in [0.15, 0.2) is 6.61 Å². The zero-order chi connectivity index (χ0) is 21.8. The van der Waals surface area contributed by atoms with Crippen molar-refractivity contribution < 1.29 is 23.9 Å². The largest absolute Gasteiger partial charge is 0.454 e. The van der Waals surface area contributed by atoms with Gasteiger partial charge in [0.2, 0.25) is 0 Å². The number of benzene rings is 2. The summed E-state index contributed by atoms with van der Waals surface area (Å²) in [6.45, 7) is 3.36. The number of hydrogen-bond donors (Lipinski definition) is 0. The summed E-state index contributed by atoms with van der Waals surface area (Å²) in [6, 6.07) is 14.8. The predicted octanol–water partition coefficient (Wildman–Crippen LogP) is 2.51. The summed E-state index contributed by atoms with van der Waals surface area (Å²) in [5, 5.41) is 0. The van der Waals surface area contributed by atoms with E-state index in [0.29, 0.717) is 6.54 Å². The van der Waals surface area contributed by atoms with Gasteiger partial charge < -0.3 is 9.64 Å². The molecule has 7 heteroatoms. The van der Waals surface area contributed by atoms with Crippen molar-refractivity contribution in [2.45, 2.75) is 26.4 Å². The third-order valence-electron chi connectivity index (χ3n) is 5.00. The number of fused-ring (bicyclic) bond motifs is 1. The van der Waals surface area contributed by atoms with E-state index in [-0.39, 0.29) is 23.0 Å². The van der Waals surface area contributed by atoms with Crippen molar-refractivity contribution in [2.75, 3.05) is 13.7 Å². The first kappa shape index (κ1) is 21.2. The summed E-state index contributed by atoms with van der Waals surface area (Å²) in [5.74, 6) is -2.59. The molecule has 0 unspecified atom stereocenters. The molecule has 1 heterocycles. The van der Waals surface area contributed by atoms with Crippen molar-refractivity contribution in [3.05, 3.63) is 71.3 Å². The van der Waals surface area contributed by atoms with E-state index in [1.165, 1.54) is 4.90 Å². The van der Waals surface area contributed by atoms with Crippen molar-refractivity contribution in [2.24, 2.45) is 5.92 Å². The van der Waals surface area contributed by atoms with Crippen LogP contribution in [0.5, 0.6) is 0 Å². The van der Waals surface area contributed by atoms with E-state index in [4.69, 9.17) is 4.74 Å². The second-order valence-electron chi connectivity index (χ2n) is 7.56. The lowest BCUT2D eigenvalue weighted by atomic mass is 10.0. The number of carbonyl (C=O) groups is 4. The third-order valence-corrected chi connectivity index (χ3v) is 5.00. The van der Waals surface area contributed by atoms with Crippen LogP contribution in [0.3, 0.4) is 0 Å². The van der Waals surface area contributed by atoms with Crippen molar-refractivity contribution in [3.8, 4) is 0 Å². The van der Waals surface area contributed by atoms with Crippen LogP contribution < -0.4 is 0 Å². The third kappa shape index (κ3) is 4.25. The highest BCUT2D eigenvalue weighted by Crippen LogP contribution is 2.27. The minimum absolute atomic E-state index is 0.264. The summed E-state index contributed by atoms with van der Waals surface area (Å²) < 4.78 is 5.22. The van der Waals surface area contributed by atoms with Gasteiger partial charge in [0.1, 0.15) is 6.04 Å². The smallest absolute Gasteiger partial charge is 0.330 e. The fourth-order valence-electron chi connectivity index (χ4n) is 3.41. The van der Waals surface area contributed by atoms with Gasteiger partial charge in [-0.25, -0.2) is 4.79 Å². The molecule has 1 aliphatic heterocycles. The second-order valence-corrected chi connectivity index (χ2v) is 7.56. The number of amides is 3. The van der Waals surface area contributed by atoms with E-state index in [2.05, 4.69) is 0 Å². The van der Waals surface area contributed by atoms with Gasteiger partial charge in [0.05, 0.1) is 11.1 Å². The molecule has 0 fully saturated rings. The molecule has 0 saturated carbocycles. The van der Waals surface area contributed by atoms with Gasteiger partial charge in [0.25, 0.3) is 17.7 Å². The van der Waals surface area contributed by atoms with Gasteiger partial charge in [-0.15, -0.1) is 0 Å². The summed E-state index contributed by atoms with van der Waals surface area (Å²) in [6.07, 6.45) is 0. The highest BCUT2D eigenvalue weighted by molar-refractivity contribution is 6.22. The van der Waals surface area contributed by atoms with Crippen molar-refractivity contribution in [1.82, 2.24) is 9.80 Å². The Hall–Kier alpha value is -3.48. The minimum Gasteiger partial charge on any atom is -0.454 e. The maximum Gasteiger partial charge on any atom is 0.330 e. The Morgan fingerprint density at radius 1 is 0.933 bits per heavy atom. The molecule has 0 N–H and O–H groups in total. The number of likely N-dealkylation sites (N-methyl/N-ethyl adjacent to an activating group) is 1. The second kappa shape index (κ2) is 8.90. The first-order valence-electron chi connectivity index (χ1n) is 9.72. The van der Waals surface area contributed by atoms with Crippen molar-refractivity contribution in [1.29, 1.82) is 0 Å². The molecule has 1 aliphatic rings. The van der Waals surface area contributed by atoms with E-state index < -0.39 is 30.4 Å². The molecule has 30 heavy (non-hydrogen) atoms. The first-order chi connectivity index (χ1) is 14.3. The molecule has 7 nitrogen and oxygen atoms in total. The van der Waals surface area contributed by atoms with Crippen LogP contribution in [0.4, 0.5) is 0 Å². The fraction of sp³-hybridized carbons (Fsp3) is 0.304. The number of ether oxygens (including phenoxy) is 1. The molecule has 1 atom stereocenters. The number of hydrogen-bond acceptors (Lipinski definition) is 5. The van der Waals surface area contributed by atoms with Crippen LogP contribution in [0.15, 0.2) is 54.6 Å². The molecule has 0 aliphatic carbocycles. The topological polar surface area (TPSA) is 84.0 Å². The lowest BCUT2D eigenvalue weighted by molar-refractivity contribution is -0.156. The summed E-state index contributed by atoms with van der Waals surface area (Å²) in [7, 11) is 1.62. The quantitative estimate of drug-likeness (QED) is 0.519. The van der Waals surface area contributed by atoms with Crippen LogP contribution in [-0.4, -0.2) is 53.2 Å². The number of esters is 1. The van der Waals surface area contributed by atoms with Crippen LogP contribution in [0.25, 0.3) is 0 Å². The fourth-order valence-corrected chi connectivity index (χ4v) is 3.41. The maximum atomic E-state index is 12.8. The lowest BCUT2D eigenvalue weighted by Crippen LogP contribution is -2.49. The predicted molar refractivity (Wildman–Crippen MR) is 109 cm³/mol. The lowest BCUT2D eigenvalue weighted by Gasteiger charge is -2.27. The molecule has 3 amide bonds. The monoisotopic (exact) mass is 408 g/mol. The molecule has 0 bridgehead atoms. The minimum atomic E-state index is -1.11. The normalized spacial score (nSPS) is 13.9. The molecule has 2 aromatic rings. The number of nitrogens with zero attached hydrogens (tertiary/aromatic N) is 2. The Balaban J connectivity index is 1.66. The molecule has 0 saturated heterocycles. The van der Waals surface area contributed by atoms with Crippen LogP contribution in [0.1, 0.15) is 40.1 Å². The molecular formula is C23H24N2O5. The molecule has 156 valence electrons. The van der Waals surface area contributed by atoms with E-state index in [1.807, 2.05) is 30.3 Å². The molecular weight excluding hydrogens is 384 g/mol. The average molecular weight is 408 g/mol. The zero-order valence-corrected chi connectivity index (χ0v) is 17.2. The van der Waals surface area contributed by atoms with E-state index in [1.54, 1.807) is 45.2 Å². The summed E-state index contributed by atoms with van der Waals surface area (Å²) in [5.41, 5.74) is 1.48. The van der Waals surface area contributed by atoms with E-state index in [9.17, 15) is 19.2 Å². The molecule has 2 aromatic carbocycles. The van der Waals surface area contributed by atoms with Crippen LogP contribution in [0.2, 0.25) is 0 Å². The Labute approximate surface area is 175 Å². The average Bonchev–Trinajstić information content (AvgIpc) is 2.98. The summed E-state index contributed by atoms with van der Waals surface area (Å²) in [4.78, 5) is 53.0. The van der Waals surface area contributed by atoms with Crippen LogP contribution in [-0.2, 0) is 20.9 Å². The van der Waals surface area contributed by atoms with Crippen LogP contribution >= 0.6 is 0 Å². The van der Waals surface area contributed by atoms with E-state index in [0.717, 1.165) is 10.5 Å². The Kier molecular flexibility index (Phi) is 6.30. The molecule has 0 spiro atoms. The number of imide groups is 1. The van der Waals surface area contributed by atoms with Gasteiger partial charge in [0, 0.05) is 13.6 Å². The molecule has 0 aromatic heterocycles. The first-order valence-corrected chi connectivity index (χ1v) is 9.72. The van der Waals surface area contributed by atoms with Gasteiger partial charge in [-0.05, 0) is 23.6 Å². The van der Waals surface area contributed by atoms with Gasteiger partial charge in [-0.1, -0.05) is 56.3 Å².